The van der Waals surface area contributed by atoms with Crippen LogP contribution in [0.25, 0.3) is 0 Å². The molecule has 21 heavy (non-hydrogen) atoms. The van der Waals surface area contributed by atoms with Crippen LogP contribution < -0.4 is 5.32 Å². The normalized spacial score (nSPS) is 17.1. The van der Waals surface area contributed by atoms with Gasteiger partial charge in [-0.2, -0.15) is 0 Å². The first-order valence-corrected chi connectivity index (χ1v) is 7.38. The van der Waals surface area contributed by atoms with Crippen LogP contribution in [0.3, 0.4) is 0 Å². The van der Waals surface area contributed by atoms with Crippen molar-refractivity contribution in [3.63, 3.8) is 0 Å². The summed E-state index contributed by atoms with van der Waals surface area (Å²) in [7, 11) is 0. The van der Waals surface area contributed by atoms with Crippen molar-refractivity contribution in [2.24, 2.45) is 5.92 Å². The van der Waals surface area contributed by atoms with Gasteiger partial charge in [-0.1, -0.05) is 13.8 Å². The van der Waals surface area contributed by atoms with E-state index in [2.05, 4.69) is 24.1 Å². The smallest absolute Gasteiger partial charge is 0.295 e. The Hall–Kier alpha value is -1.69. The highest BCUT2D eigenvalue weighted by Gasteiger charge is 2.22. The molecule has 0 saturated carbocycles. The summed E-state index contributed by atoms with van der Waals surface area (Å²) in [5.74, 6) is 0.0618. The summed E-state index contributed by atoms with van der Waals surface area (Å²) in [6.07, 6.45) is 1.89. The molecule has 1 fully saturated rings. The molecule has 0 atom stereocenters. The van der Waals surface area contributed by atoms with Crippen LogP contribution in [0.5, 0.6) is 0 Å². The molecule has 0 spiro atoms. The SMILES string of the molecule is CC(C)CN1CCC(Nc2ccc(F)cc2[N+](=O)[O-])CC1. The fraction of sp³-hybridized carbons (Fsp3) is 0.600. The lowest BCUT2D eigenvalue weighted by molar-refractivity contribution is -0.384. The number of rotatable bonds is 5. The van der Waals surface area contributed by atoms with Gasteiger partial charge in [0.1, 0.15) is 11.5 Å². The summed E-state index contributed by atoms with van der Waals surface area (Å²) in [5, 5.41) is 14.2. The van der Waals surface area contributed by atoms with Gasteiger partial charge in [0.2, 0.25) is 0 Å². The Morgan fingerprint density at radius 1 is 1.43 bits per heavy atom. The number of nitro groups is 1. The summed E-state index contributed by atoms with van der Waals surface area (Å²) in [5.41, 5.74) is 0.211. The van der Waals surface area contributed by atoms with Crippen LogP contribution in [0.1, 0.15) is 26.7 Å². The molecule has 0 bridgehead atoms. The Balaban J connectivity index is 1.96. The van der Waals surface area contributed by atoms with Gasteiger partial charge in [-0.05, 0) is 30.9 Å². The molecule has 0 unspecified atom stereocenters. The summed E-state index contributed by atoms with van der Waals surface area (Å²) in [6, 6.07) is 3.88. The first-order valence-electron chi connectivity index (χ1n) is 7.38. The maximum absolute atomic E-state index is 13.1. The van der Waals surface area contributed by atoms with E-state index in [4.69, 9.17) is 0 Å². The molecule has 0 aliphatic carbocycles. The van der Waals surface area contributed by atoms with Gasteiger partial charge in [-0.25, -0.2) is 4.39 Å². The molecule has 1 aliphatic rings. The largest absolute Gasteiger partial charge is 0.377 e. The van der Waals surface area contributed by atoms with Crippen molar-refractivity contribution in [2.45, 2.75) is 32.7 Å². The van der Waals surface area contributed by atoms with Crippen molar-refractivity contribution < 1.29 is 9.31 Å². The standard InChI is InChI=1S/C15H22FN3O2/c1-11(2)10-18-7-5-13(6-8-18)17-14-4-3-12(16)9-15(14)19(20)21/h3-4,9,11,13,17H,5-8,10H2,1-2H3. The minimum absolute atomic E-state index is 0.195. The molecule has 1 heterocycles. The van der Waals surface area contributed by atoms with Crippen molar-refractivity contribution in [3.05, 3.63) is 34.1 Å². The van der Waals surface area contributed by atoms with Crippen LogP contribution >= 0.6 is 0 Å². The molecule has 116 valence electrons. The quantitative estimate of drug-likeness (QED) is 0.669. The molecule has 1 aromatic rings. The highest BCUT2D eigenvalue weighted by Crippen LogP contribution is 2.27. The molecule has 6 heteroatoms. The van der Waals surface area contributed by atoms with Crippen molar-refractivity contribution >= 4 is 11.4 Å². The zero-order chi connectivity index (χ0) is 15.4. The maximum Gasteiger partial charge on any atom is 0.295 e. The Kier molecular flexibility index (Phi) is 5.12. The Morgan fingerprint density at radius 2 is 2.10 bits per heavy atom. The topological polar surface area (TPSA) is 58.4 Å². The molecule has 1 saturated heterocycles. The van der Waals surface area contributed by atoms with E-state index >= 15 is 0 Å². The summed E-state index contributed by atoms with van der Waals surface area (Å²) >= 11 is 0. The van der Waals surface area contributed by atoms with E-state index < -0.39 is 10.7 Å². The summed E-state index contributed by atoms with van der Waals surface area (Å²) in [6.45, 7) is 7.47. The van der Waals surface area contributed by atoms with E-state index in [-0.39, 0.29) is 11.7 Å². The Morgan fingerprint density at radius 3 is 2.67 bits per heavy atom. The number of anilines is 1. The molecule has 0 aromatic heterocycles. The number of piperidine rings is 1. The van der Waals surface area contributed by atoms with E-state index in [1.54, 1.807) is 0 Å². The average molecular weight is 295 g/mol. The average Bonchev–Trinajstić information content (AvgIpc) is 2.42. The number of nitrogens with zero attached hydrogens (tertiary/aromatic N) is 2. The van der Waals surface area contributed by atoms with Crippen LogP contribution in [0.2, 0.25) is 0 Å². The highest BCUT2D eigenvalue weighted by atomic mass is 19.1. The number of halogens is 1. The predicted molar refractivity (Wildman–Crippen MR) is 81.0 cm³/mol. The van der Waals surface area contributed by atoms with E-state index in [0.29, 0.717) is 11.6 Å². The third kappa shape index (κ3) is 4.39. The first kappa shape index (κ1) is 15.7. The van der Waals surface area contributed by atoms with Gasteiger partial charge in [-0.15, -0.1) is 0 Å². The van der Waals surface area contributed by atoms with E-state index in [0.717, 1.165) is 38.5 Å². The van der Waals surface area contributed by atoms with Gasteiger partial charge in [0, 0.05) is 25.7 Å². The van der Waals surface area contributed by atoms with Gasteiger partial charge in [0.05, 0.1) is 11.0 Å². The Labute approximate surface area is 124 Å². The molecule has 0 radical (unpaired) electrons. The fourth-order valence-corrected chi connectivity index (χ4v) is 2.77. The lowest BCUT2D eigenvalue weighted by Gasteiger charge is -2.33. The summed E-state index contributed by atoms with van der Waals surface area (Å²) in [4.78, 5) is 12.9. The lowest BCUT2D eigenvalue weighted by Crippen LogP contribution is -2.40. The van der Waals surface area contributed by atoms with Crippen LogP contribution in [0.15, 0.2) is 18.2 Å². The predicted octanol–water partition coefficient (Wildman–Crippen LogP) is 3.27. The van der Waals surface area contributed by atoms with Gasteiger partial charge in [0.15, 0.2) is 0 Å². The number of hydrogen-bond acceptors (Lipinski definition) is 4. The molecular formula is C15H22FN3O2. The van der Waals surface area contributed by atoms with Crippen molar-refractivity contribution in [1.29, 1.82) is 0 Å². The zero-order valence-electron chi connectivity index (χ0n) is 12.5. The van der Waals surface area contributed by atoms with Crippen LogP contribution in [0.4, 0.5) is 15.8 Å². The number of likely N-dealkylation sites (tertiary alicyclic amines) is 1. The summed E-state index contributed by atoms with van der Waals surface area (Å²) < 4.78 is 13.1. The maximum atomic E-state index is 13.1. The lowest BCUT2D eigenvalue weighted by atomic mass is 10.0. The van der Waals surface area contributed by atoms with E-state index in [9.17, 15) is 14.5 Å². The van der Waals surface area contributed by atoms with Gasteiger partial charge in [-0.3, -0.25) is 10.1 Å². The second kappa shape index (κ2) is 6.85. The molecule has 1 aromatic carbocycles. The Bertz CT molecular complexity index is 500. The monoisotopic (exact) mass is 295 g/mol. The molecule has 5 nitrogen and oxygen atoms in total. The molecule has 1 aliphatic heterocycles. The molecule has 0 amide bonds. The second-order valence-electron chi connectivity index (χ2n) is 6.03. The van der Waals surface area contributed by atoms with Crippen molar-refractivity contribution in [1.82, 2.24) is 4.90 Å². The molecular weight excluding hydrogens is 273 g/mol. The van der Waals surface area contributed by atoms with Crippen molar-refractivity contribution in [2.75, 3.05) is 25.0 Å². The minimum atomic E-state index is -0.584. The number of nitrogens with one attached hydrogen (secondary N) is 1. The zero-order valence-corrected chi connectivity index (χ0v) is 12.5. The van der Waals surface area contributed by atoms with Crippen LogP contribution in [-0.2, 0) is 0 Å². The van der Waals surface area contributed by atoms with Gasteiger partial charge >= 0.3 is 0 Å². The highest BCUT2D eigenvalue weighted by molar-refractivity contribution is 5.61. The van der Waals surface area contributed by atoms with Crippen LogP contribution in [0, 0.1) is 21.8 Å². The number of benzene rings is 1. The third-order valence-corrected chi connectivity index (χ3v) is 3.73. The van der Waals surface area contributed by atoms with E-state index in [1.165, 1.54) is 12.1 Å². The first-order chi connectivity index (χ1) is 9.95. The van der Waals surface area contributed by atoms with Gasteiger partial charge in [0.25, 0.3) is 5.69 Å². The minimum Gasteiger partial charge on any atom is -0.377 e. The number of nitro benzene ring substituents is 1. The van der Waals surface area contributed by atoms with Crippen LogP contribution in [-0.4, -0.2) is 35.5 Å². The van der Waals surface area contributed by atoms with Gasteiger partial charge < -0.3 is 10.2 Å². The van der Waals surface area contributed by atoms with E-state index in [1.807, 2.05) is 0 Å². The third-order valence-electron chi connectivity index (χ3n) is 3.73. The number of hydrogen-bond donors (Lipinski definition) is 1. The molecule has 2 rings (SSSR count). The second-order valence-corrected chi connectivity index (χ2v) is 6.03. The van der Waals surface area contributed by atoms with Crippen molar-refractivity contribution in [3.8, 4) is 0 Å². The fourth-order valence-electron chi connectivity index (χ4n) is 2.77. The molecule has 1 N–H and O–H groups in total.